The van der Waals surface area contributed by atoms with E-state index in [4.69, 9.17) is 0 Å². The molecule has 1 aromatic heterocycles. The molecule has 0 bridgehead atoms. The first kappa shape index (κ1) is 15.0. The smallest absolute Gasteiger partial charge is 0.317 e. The van der Waals surface area contributed by atoms with Crippen molar-refractivity contribution < 1.29 is 13.2 Å². The van der Waals surface area contributed by atoms with Crippen LogP contribution in [0.15, 0.2) is 12.4 Å². The van der Waals surface area contributed by atoms with Crippen molar-refractivity contribution in [2.75, 3.05) is 13.1 Å². The predicted octanol–water partition coefficient (Wildman–Crippen LogP) is 3.07. The van der Waals surface area contributed by atoms with E-state index in [0.717, 1.165) is 51.2 Å². The van der Waals surface area contributed by atoms with E-state index in [1.54, 1.807) is 0 Å². The van der Waals surface area contributed by atoms with Crippen LogP contribution in [0.4, 0.5) is 13.2 Å². The third-order valence-corrected chi connectivity index (χ3v) is 2.63. The molecule has 1 aromatic rings. The summed E-state index contributed by atoms with van der Waals surface area (Å²) >= 11 is 0. The third kappa shape index (κ3) is 5.53. The van der Waals surface area contributed by atoms with Crippen LogP contribution in [0.3, 0.4) is 0 Å². The Hall–Kier alpha value is -1.04. The Balaban J connectivity index is 2.14. The van der Waals surface area contributed by atoms with Crippen molar-refractivity contribution in [1.82, 2.24) is 15.1 Å². The molecule has 18 heavy (non-hydrogen) atoms. The summed E-state index contributed by atoms with van der Waals surface area (Å²) in [6.07, 6.45) is 1.67. The van der Waals surface area contributed by atoms with E-state index in [-0.39, 0.29) is 0 Å². The molecule has 0 unspecified atom stereocenters. The fourth-order valence-electron chi connectivity index (χ4n) is 1.63. The average Bonchev–Trinajstić information content (AvgIpc) is 2.76. The molecular formula is C12H20F3N3. The van der Waals surface area contributed by atoms with E-state index in [1.165, 1.54) is 4.68 Å². The fourth-order valence-corrected chi connectivity index (χ4v) is 1.63. The highest BCUT2D eigenvalue weighted by Gasteiger charge is 2.31. The van der Waals surface area contributed by atoms with Crippen molar-refractivity contribution in [2.24, 2.45) is 0 Å². The minimum atomic E-state index is -4.29. The van der Waals surface area contributed by atoms with Gasteiger partial charge in [-0.1, -0.05) is 13.3 Å². The molecule has 0 aromatic carbocycles. The van der Waals surface area contributed by atoms with Gasteiger partial charge in [-0.3, -0.25) is 4.68 Å². The molecule has 0 saturated carbocycles. The Labute approximate surface area is 105 Å². The largest absolute Gasteiger partial charge is 0.419 e. The molecule has 0 fully saturated rings. The lowest BCUT2D eigenvalue weighted by Crippen LogP contribution is -2.15. The van der Waals surface area contributed by atoms with Crippen LogP contribution in [-0.4, -0.2) is 22.9 Å². The summed E-state index contributed by atoms with van der Waals surface area (Å²) in [5.74, 6) is 0. The fraction of sp³-hybridized carbons (Fsp3) is 0.750. The molecular weight excluding hydrogens is 243 g/mol. The van der Waals surface area contributed by atoms with Crippen molar-refractivity contribution in [3.63, 3.8) is 0 Å². The number of unbranched alkanes of at least 4 members (excludes halogenated alkanes) is 2. The molecule has 1 heterocycles. The molecule has 104 valence electrons. The Morgan fingerprint density at radius 3 is 2.61 bits per heavy atom. The summed E-state index contributed by atoms with van der Waals surface area (Å²) in [5, 5.41) is 7.00. The zero-order valence-corrected chi connectivity index (χ0v) is 10.6. The van der Waals surface area contributed by atoms with Crippen LogP contribution in [-0.2, 0) is 12.7 Å². The summed E-state index contributed by atoms with van der Waals surface area (Å²) in [7, 11) is 0. The van der Waals surface area contributed by atoms with Crippen molar-refractivity contribution in [2.45, 2.75) is 45.3 Å². The summed E-state index contributed by atoms with van der Waals surface area (Å²) in [5.41, 5.74) is -0.674. The molecule has 0 aliphatic heterocycles. The van der Waals surface area contributed by atoms with Gasteiger partial charge in [-0.25, -0.2) is 0 Å². The van der Waals surface area contributed by atoms with E-state index < -0.39 is 11.7 Å². The Kier molecular flexibility index (Phi) is 6.18. The minimum Gasteiger partial charge on any atom is -0.317 e. The number of hydrogen-bond acceptors (Lipinski definition) is 2. The third-order valence-electron chi connectivity index (χ3n) is 2.63. The van der Waals surface area contributed by atoms with Gasteiger partial charge < -0.3 is 5.32 Å². The zero-order valence-electron chi connectivity index (χ0n) is 10.6. The quantitative estimate of drug-likeness (QED) is 0.730. The Morgan fingerprint density at radius 2 is 2.00 bits per heavy atom. The van der Waals surface area contributed by atoms with Crippen LogP contribution >= 0.6 is 0 Å². The van der Waals surface area contributed by atoms with Gasteiger partial charge in [-0.2, -0.15) is 18.3 Å². The summed E-state index contributed by atoms with van der Waals surface area (Å²) in [4.78, 5) is 0. The van der Waals surface area contributed by atoms with E-state index in [2.05, 4.69) is 17.3 Å². The topological polar surface area (TPSA) is 29.9 Å². The lowest BCUT2D eigenvalue weighted by Gasteiger charge is -2.04. The molecule has 1 rings (SSSR count). The van der Waals surface area contributed by atoms with Crippen molar-refractivity contribution in [3.8, 4) is 0 Å². The van der Waals surface area contributed by atoms with Gasteiger partial charge in [0.25, 0.3) is 0 Å². The Bertz CT molecular complexity index is 334. The maximum Gasteiger partial charge on any atom is 0.419 e. The van der Waals surface area contributed by atoms with Gasteiger partial charge in [0.05, 0.1) is 11.8 Å². The number of aryl methyl sites for hydroxylation is 1. The van der Waals surface area contributed by atoms with Crippen LogP contribution < -0.4 is 5.32 Å². The molecule has 0 saturated heterocycles. The highest BCUT2D eigenvalue weighted by Crippen LogP contribution is 2.28. The second kappa shape index (κ2) is 7.41. The van der Waals surface area contributed by atoms with Crippen LogP contribution in [0.1, 0.15) is 38.2 Å². The van der Waals surface area contributed by atoms with Gasteiger partial charge in [0.2, 0.25) is 0 Å². The van der Waals surface area contributed by atoms with Crippen LogP contribution in [0.2, 0.25) is 0 Å². The van der Waals surface area contributed by atoms with Gasteiger partial charge in [0, 0.05) is 12.7 Å². The average molecular weight is 263 g/mol. The van der Waals surface area contributed by atoms with Gasteiger partial charge in [-0.15, -0.1) is 0 Å². The molecule has 0 amide bonds. The number of halogens is 3. The van der Waals surface area contributed by atoms with Crippen LogP contribution in [0.5, 0.6) is 0 Å². The molecule has 0 radical (unpaired) electrons. The second-order valence-electron chi connectivity index (χ2n) is 4.30. The SMILES string of the molecule is CCCNCCCCCn1cc(C(F)(F)F)cn1. The van der Waals surface area contributed by atoms with Crippen molar-refractivity contribution in [3.05, 3.63) is 18.0 Å². The maximum atomic E-state index is 12.3. The second-order valence-corrected chi connectivity index (χ2v) is 4.30. The number of alkyl halides is 3. The molecule has 0 atom stereocenters. The van der Waals surface area contributed by atoms with Gasteiger partial charge in [-0.05, 0) is 32.4 Å². The number of nitrogens with one attached hydrogen (secondary N) is 1. The molecule has 1 N–H and O–H groups in total. The monoisotopic (exact) mass is 263 g/mol. The predicted molar refractivity (Wildman–Crippen MR) is 64.2 cm³/mol. The summed E-state index contributed by atoms with van der Waals surface area (Å²) < 4.78 is 38.3. The summed E-state index contributed by atoms with van der Waals surface area (Å²) in [6, 6.07) is 0. The standard InChI is InChI=1S/C12H20F3N3/c1-2-6-16-7-4-3-5-8-18-10-11(9-17-18)12(13,14)15/h9-10,16H,2-8H2,1H3. The number of rotatable bonds is 8. The van der Waals surface area contributed by atoms with Crippen LogP contribution in [0, 0.1) is 0 Å². The van der Waals surface area contributed by atoms with Crippen molar-refractivity contribution >= 4 is 0 Å². The zero-order chi connectivity index (χ0) is 13.4. The maximum absolute atomic E-state index is 12.3. The van der Waals surface area contributed by atoms with Gasteiger partial charge in [0.1, 0.15) is 0 Å². The van der Waals surface area contributed by atoms with Gasteiger partial charge in [0.15, 0.2) is 0 Å². The van der Waals surface area contributed by atoms with E-state index in [0.29, 0.717) is 6.54 Å². The lowest BCUT2D eigenvalue weighted by atomic mass is 10.2. The molecule has 3 nitrogen and oxygen atoms in total. The molecule has 0 aliphatic carbocycles. The van der Waals surface area contributed by atoms with Crippen molar-refractivity contribution in [1.29, 1.82) is 0 Å². The number of hydrogen-bond donors (Lipinski definition) is 1. The van der Waals surface area contributed by atoms with Gasteiger partial charge >= 0.3 is 6.18 Å². The molecule has 0 spiro atoms. The van der Waals surface area contributed by atoms with E-state index in [9.17, 15) is 13.2 Å². The first-order valence-electron chi connectivity index (χ1n) is 6.34. The molecule has 0 aliphatic rings. The van der Waals surface area contributed by atoms with E-state index >= 15 is 0 Å². The first-order chi connectivity index (χ1) is 8.54. The lowest BCUT2D eigenvalue weighted by molar-refractivity contribution is -0.137. The normalized spacial score (nSPS) is 12.0. The number of aromatic nitrogens is 2. The first-order valence-corrected chi connectivity index (χ1v) is 6.34. The van der Waals surface area contributed by atoms with Crippen LogP contribution in [0.25, 0.3) is 0 Å². The molecule has 6 heteroatoms. The minimum absolute atomic E-state index is 0.545. The summed E-state index contributed by atoms with van der Waals surface area (Å²) in [6.45, 7) is 4.65. The Morgan fingerprint density at radius 1 is 1.22 bits per heavy atom. The highest BCUT2D eigenvalue weighted by molar-refractivity contribution is 5.08. The number of nitrogens with zero attached hydrogens (tertiary/aromatic N) is 2. The van der Waals surface area contributed by atoms with E-state index in [1.807, 2.05) is 0 Å². The highest BCUT2D eigenvalue weighted by atomic mass is 19.4.